The fraction of sp³-hybridized carbons (Fsp3) is 0.556. The highest BCUT2D eigenvalue weighted by molar-refractivity contribution is 7.89. The Balaban J connectivity index is 3.08. The van der Waals surface area contributed by atoms with Crippen molar-refractivity contribution in [2.75, 3.05) is 13.1 Å². The Hall–Kier alpha value is -1.41. The average molecular weight is 261 g/mol. The van der Waals surface area contributed by atoms with Gasteiger partial charge in [-0.15, -0.1) is 0 Å². The summed E-state index contributed by atoms with van der Waals surface area (Å²) < 4.78 is 26.4. The number of carboxylic acid groups (broad SMARTS) is 1. The topological polar surface area (TPSA) is 92.5 Å². The molecule has 0 aliphatic carbocycles. The van der Waals surface area contributed by atoms with Crippen molar-refractivity contribution in [2.24, 2.45) is 7.05 Å². The van der Waals surface area contributed by atoms with Crippen LogP contribution in [0.2, 0.25) is 0 Å². The van der Waals surface area contributed by atoms with Gasteiger partial charge in [-0.3, -0.25) is 9.48 Å². The molecule has 1 aromatic heterocycles. The Morgan fingerprint density at radius 2 is 2.24 bits per heavy atom. The highest BCUT2D eigenvalue weighted by Crippen LogP contribution is 2.14. The zero-order valence-electron chi connectivity index (χ0n) is 9.70. The average Bonchev–Trinajstić information content (AvgIpc) is 2.63. The zero-order chi connectivity index (χ0) is 13.1. The van der Waals surface area contributed by atoms with E-state index in [4.69, 9.17) is 5.11 Å². The first-order chi connectivity index (χ1) is 7.89. The highest BCUT2D eigenvalue weighted by atomic mass is 32.2. The number of aromatic nitrogens is 2. The van der Waals surface area contributed by atoms with Crippen LogP contribution in [-0.4, -0.2) is 46.7 Å². The number of carboxylic acids is 1. The Kier molecular flexibility index (Phi) is 4.24. The van der Waals surface area contributed by atoms with Gasteiger partial charge in [-0.1, -0.05) is 6.92 Å². The largest absolute Gasteiger partial charge is 0.480 e. The molecule has 1 rings (SSSR count). The lowest BCUT2D eigenvalue weighted by molar-refractivity contribution is -0.137. The molecule has 0 saturated carbocycles. The lowest BCUT2D eigenvalue weighted by Crippen LogP contribution is -2.37. The van der Waals surface area contributed by atoms with Crippen LogP contribution < -0.4 is 0 Å². The SMILES string of the molecule is CCCN(CC(=O)O)S(=O)(=O)c1ccnn1C. The van der Waals surface area contributed by atoms with E-state index in [-0.39, 0.29) is 11.6 Å². The summed E-state index contributed by atoms with van der Waals surface area (Å²) in [5, 5.41) is 12.5. The molecule has 0 atom stereocenters. The number of sulfonamides is 1. The third-order valence-electron chi connectivity index (χ3n) is 2.16. The fourth-order valence-corrected chi connectivity index (χ4v) is 3.01. The minimum absolute atomic E-state index is 0.00722. The second-order valence-corrected chi connectivity index (χ2v) is 5.41. The van der Waals surface area contributed by atoms with Crippen LogP contribution in [0.25, 0.3) is 0 Å². The normalized spacial score (nSPS) is 11.9. The van der Waals surface area contributed by atoms with Gasteiger partial charge in [0.25, 0.3) is 10.0 Å². The van der Waals surface area contributed by atoms with Gasteiger partial charge >= 0.3 is 5.97 Å². The van der Waals surface area contributed by atoms with E-state index >= 15 is 0 Å². The Morgan fingerprint density at radius 1 is 1.59 bits per heavy atom. The minimum Gasteiger partial charge on any atom is -0.480 e. The molecule has 8 heteroatoms. The van der Waals surface area contributed by atoms with Gasteiger partial charge in [0.05, 0.1) is 6.20 Å². The zero-order valence-corrected chi connectivity index (χ0v) is 10.5. The second-order valence-electron chi connectivity index (χ2n) is 3.53. The van der Waals surface area contributed by atoms with E-state index in [1.54, 1.807) is 6.92 Å². The molecule has 1 aromatic rings. The third kappa shape index (κ3) is 3.04. The van der Waals surface area contributed by atoms with Crippen molar-refractivity contribution < 1.29 is 18.3 Å². The molecule has 96 valence electrons. The van der Waals surface area contributed by atoms with Crippen molar-refractivity contribution in [1.29, 1.82) is 0 Å². The number of hydrogen-bond donors (Lipinski definition) is 1. The lowest BCUT2D eigenvalue weighted by Gasteiger charge is -2.19. The molecular weight excluding hydrogens is 246 g/mol. The summed E-state index contributed by atoms with van der Waals surface area (Å²) in [5.74, 6) is -1.18. The van der Waals surface area contributed by atoms with Crippen LogP contribution in [0.3, 0.4) is 0 Å². The maximum absolute atomic E-state index is 12.1. The molecule has 17 heavy (non-hydrogen) atoms. The molecule has 0 amide bonds. The van der Waals surface area contributed by atoms with Crippen molar-refractivity contribution in [3.63, 3.8) is 0 Å². The molecular formula is C9H15N3O4S. The number of aryl methyl sites for hydroxylation is 1. The number of hydrogen-bond acceptors (Lipinski definition) is 4. The Morgan fingerprint density at radius 3 is 2.65 bits per heavy atom. The molecule has 0 spiro atoms. The van der Waals surface area contributed by atoms with Crippen molar-refractivity contribution in [1.82, 2.24) is 14.1 Å². The van der Waals surface area contributed by atoms with Crippen molar-refractivity contribution in [3.05, 3.63) is 12.3 Å². The summed E-state index contributed by atoms with van der Waals surface area (Å²) >= 11 is 0. The van der Waals surface area contributed by atoms with Gasteiger partial charge in [0, 0.05) is 13.6 Å². The van der Waals surface area contributed by atoms with Crippen molar-refractivity contribution in [3.8, 4) is 0 Å². The van der Waals surface area contributed by atoms with Gasteiger partial charge in [-0.2, -0.15) is 9.40 Å². The molecule has 7 nitrogen and oxygen atoms in total. The van der Waals surface area contributed by atoms with Crippen molar-refractivity contribution >= 4 is 16.0 Å². The molecule has 0 bridgehead atoms. The van der Waals surface area contributed by atoms with Crippen LogP contribution in [0.4, 0.5) is 0 Å². The lowest BCUT2D eigenvalue weighted by atomic mass is 10.5. The first kappa shape index (κ1) is 13.7. The summed E-state index contributed by atoms with van der Waals surface area (Å²) in [6.07, 6.45) is 1.90. The van der Waals surface area contributed by atoms with Crippen LogP contribution in [-0.2, 0) is 21.9 Å². The predicted molar refractivity (Wildman–Crippen MR) is 59.9 cm³/mol. The number of nitrogens with zero attached hydrogens (tertiary/aromatic N) is 3. The number of carbonyl (C=O) groups is 1. The third-order valence-corrected chi connectivity index (χ3v) is 4.09. The number of rotatable bonds is 6. The molecule has 1 N–H and O–H groups in total. The smallest absolute Gasteiger partial charge is 0.318 e. The Labute approximate surface area is 99.7 Å². The molecule has 0 fully saturated rings. The van der Waals surface area contributed by atoms with Crippen LogP contribution in [0.15, 0.2) is 17.3 Å². The van der Waals surface area contributed by atoms with Gasteiger partial charge in [-0.25, -0.2) is 8.42 Å². The number of aliphatic carboxylic acids is 1. The maximum atomic E-state index is 12.1. The summed E-state index contributed by atoms with van der Waals surface area (Å²) in [6.45, 7) is 1.41. The maximum Gasteiger partial charge on any atom is 0.318 e. The molecule has 0 radical (unpaired) electrons. The van der Waals surface area contributed by atoms with Crippen LogP contribution >= 0.6 is 0 Å². The van der Waals surface area contributed by atoms with Gasteiger partial charge in [-0.05, 0) is 12.5 Å². The van der Waals surface area contributed by atoms with E-state index in [1.807, 2.05) is 0 Å². The molecule has 0 aliphatic heterocycles. The van der Waals surface area contributed by atoms with E-state index in [0.29, 0.717) is 6.42 Å². The quantitative estimate of drug-likeness (QED) is 0.772. The Bertz CT molecular complexity index is 494. The molecule has 0 saturated heterocycles. The summed E-state index contributed by atoms with van der Waals surface area (Å²) in [5.41, 5.74) is 0. The summed E-state index contributed by atoms with van der Waals surface area (Å²) in [7, 11) is -2.29. The van der Waals surface area contributed by atoms with Gasteiger partial charge in [0.2, 0.25) is 0 Å². The van der Waals surface area contributed by atoms with E-state index in [2.05, 4.69) is 5.10 Å². The first-order valence-electron chi connectivity index (χ1n) is 5.09. The predicted octanol–water partition coefficient (Wildman–Crippen LogP) is -0.0946. The van der Waals surface area contributed by atoms with Crippen LogP contribution in [0.5, 0.6) is 0 Å². The van der Waals surface area contributed by atoms with Gasteiger partial charge < -0.3 is 5.11 Å². The second kappa shape index (κ2) is 5.28. The van der Waals surface area contributed by atoms with E-state index in [0.717, 1.165) is 4.31 Å². The van der Waals surface area contributed by atoms with E-state index in [1.165, 1.54) is 24.0 Å². The first-order valence-corrected chi connectivity index (χ1v) is 6.53. The highest BCUT2D eigenvalue weighted by Gasteiger charge is 2.28. The van der Waals surface area contributed by atoms with Gasteiger partial charge in [0.1, 0.15) is 6.54 Å². The summed E-state index contributed by atoms with van der Waals surface area (Å²) in [6, 6.07) is 1.35. The van der Waals surface area contributed by atoms with Crippen LogP contribution in [0, 0.1) is 0 Å². The monoisotopic (exact) mass is 261 g/mol. The standard InChI is InChI=1S/C9H15N3O4S/c1-3-6-12(7-9(13)14)17(15,16)8-4-5-10-11(8)2/h4-5H,3,6-7H2,1-2H3,(H,13,14). The molecule has 0 unspecified atom stereocenters. The van der Waals surface area contributed by atoms with Crippen molar-refractivity contribution in [2.45, 2.75) is 18.4 Å². The fourth-order valence-electron chi connectivity index (χ4n) is 1.43. The van der Waals surface area contributed by atoms with E-state index < -0.39 is 22.5 Å². The molecule has 0 aliphatic rings. The van der Waals surface area contributed by atoms with Gasteiger partial charge in [0.15, 0.2) is 5.03 Å². The minimum atomic E-state index is -3.79. The summed E-state index contributed by atoms with van der Waals surface area (Å²) in [4.78, 5) is 10.7. The molecule has 0 aromatic carbocycles. The van der Waals surface area contributed by atoms with Crippen LogP contribution in [0.1, 0.15) is 13.3 Å². The van der Waals surface area contributed by atoms with E-state index in [9.17, 15) is 13.2 Å². The molecule has 1 heterocycles.